The Hall–Kier alpha value is -1.42. The summed E-state index contributed by atoms with van der Waals surface area (Å²) in [6.45, 7) is 4.05. The summed E-state index contributed by atoms with van der Waals surface area (Å²) in [4.78, 5) is 15.5. The lowest BCUT2D eigenvalue weighted by Crippen LogP contribution is -2.49. The van der Waals surface area contributed by atoms with Gasteiger partial charge in [0, 0.05) is 11.9 Å². The van der Waals surface area contributed by atoms with Crippen LogP contribution in [0.1, 0.15) is 18.7 Å². The lowest BCUT2D eigenvalue weighted by Gasteiger charge is -2.26. The summed E-state index contributed by atoms with van der Waals surface area (Å²) in [5, 5.41) is 0. The number of nitrogens with one attached hydrogen (secondary N) is 1. The van der Waals surface area contributed by atoms with Gasteiger partial charge in [0.15, 0.2) is 0 Å². The highest BCUT2D eigenvalue weighted by atomic mass is 79.9. The van der Waals surface area contributed by atoms with E-state index in [0.29, 0.717) is 12.3 Å². The van der Waals surface area contributed by atoms with E-state index < -0.39 is 16.1 Å². The third-order valence-electron chi connectivity index (χ3n) is 3.98. The van der Waals surface area contributed by atoms with Crippen LogP contribution in [0.25, 0.3) is 0 Å². The molecule has 0 spiro atoms. The van der Waals surface area contributed by atoms with Crippen molar-refractivity contribution in [2.45, 2.75) is 31.3 Å². The number of sulfonamides is 1. The predicted molar refractivity (Wildman–Crippen MR) is 110 cm³/mol. The van der Waals surface area contributed by atoms with Crippen LogP contribution >= 0.6 is 27.3 Å². The molecule has 0 bridgehead atoms. The largest absolute Gasteiger partial charge is 0.497 e. The van der Waals surface area contributed by atoms with E-state index >= 15 is 0 Å². The number of thiophene rings is 1. The molecule has 0 radical (unpaired) electrons. The van der Waals surface area contributed by atoms with Gasteiger partial charge in [0.1, 0.15) is 11.8 Å². The van der Waals surface area contributed by atoms with Crippen molar-refractivity contribution in [3.63, 3.8) is 0 Å². The van der Waals surface area contributed by atoms with Crippen LogP contribution in [0.4, 0.5) is 0 Å². The van der Waals surface area contributed by atoms with Crippen molar-refractivity contribution in [1.82, 2.24) is 9.62 Å². The van der Waals surface area contributed by atoms with Gasteiger partial charge in [-0.3, -0.25) is 4.79 Å². The molecule has 0 saturated heterocycles. The molecule has 1 N–H and O–H groups in total. The molecule has 0 fully saturated rings. The Balaban J connectivity index is 2.16. The minimum atomic E-state index is -3.83. The molecular formula is C18H23BrN2O4S2. The molecule has 0 saturated carbocycles. The van der Waals surface area contributed by atoms with Gasteiger partial charge in [-0.25, -0.2) is 8.42 Å². The molecule has 6 nitrogen and oxygen atoms in total. The number of hydrogen-bond donors (Lipinski definition) is 1. The number of nitrogens with zero attached hydrogens (tertiary/aromatic N) is 1. The smallest absolute Gasteiger partial charge is 0.241 e. The van der Waals surface area contributed by atoms with Crippen molar-refractivity contribution < 1.29 is 17.9 Å². The predicted octanol–water partition coefficient (Wildman–Crippen LogP) is 3.48. The van der Waals surface area contributed by atoms with Crippen LogP contribution in [-0.4, -0.2) is 39.4 Å². The summed E-state index contributed by atoms with van der Waals surface area (Å²) in [6, 6.07) is 9.05. The van der Waals surface area contributed by atoms with Crippen LogP contribution in [0.15, 0.2) is 45.1 Å². The van der Waals surface area contributed by atoms with E-state index in [4.69, 9.17) is 4.74 Å². The number of methoxy groups -OCH3 is 1. The topological polar surface area (TPSA) is 75.7 Å². The Morgan fingerprint density at radius 3 is 2.33 bits per heavy atom. The fourth-order valence-corrected chi connectivity index (χ4v) is 5.32. The van der Waals surface area contributed by atoms with Gasteiger partial charge >= 0.3 is 0 Å². The summed E-state index contributed by atoms with van der Waals surface area (Å²) in [7, 11) is -0.650. The van der Waals surface area contributed by atoms with Crippen molar-refractivity contribution in [3.05, 3.63) is 45.1 Å². The highest BCUT2D eigenvalue weighted by molar-refractivity contribution is 9.11. The first-order chi connectivity index (χ1) is 12.6. The van der Waals surface area contributed by atoms with Crippen molar-refractivity contribution in [1.29, 1.82) is 0 Å². The van der Waals surface area contributed by atoms with Gasteiger partial charge in [0.25, 0.3) is 0 Å². The number of rotatable bonds is 8. The van der Waals surface area contributed by atoms with E-state index in [2.05, 4.69) is 20.7 Å². The zero-order valence-electron chi connectivity index (χ0n) is 15.6. The first kappa shape index (κ1) is 21.9. The molecule has 0 aliphatic heterocycles. The summed E-state index contributed by atoms with van der Waals surface area (Å²) in [5.74, 6) is 0.0851. The molecule has 9 heteroatoms. The maximum Gasteiger partial charge on any atom is 0.241 e. The molecular weight excluding hydrogens is 452 g/mol. The van der Waals surface area contributed by atoms with Crippen molar-refractivity contribution in [2.24, 2.45) is 5.92 Å². The van der Waals surface area contributed by atoms with Crippen molar-refractivity contribution >= 4 is 43.2 Å². The van der Waals surface area contributed by atoms with Crippen LogP contribution in [-0.2, 0) is 21.4 Å². The summed E-state index contributed by atoms with van der Waals surface area (Å²) in [5.41, 5.74) is 0. The molecule has 1 aromatic carbocycles. The van der Waals surface area contributed by atoms with Crippen LogP contribution in [0.5, 0.6) is 5.75 Å². The first-order valence-corrected chi connectivity index (χ1v) is 11.4. The fourth-order valence-electron chi connectivity index (χ4n) is 2.45. The van der Waals surface area contributed by atoms with E-state index in [1.54, 1.807) is 24.1 Å². The maximum atomic E-state index is 12.9. The number of amides is 1. The molecule has 0 unspecified atom stereocenters. The zero-order valence-corrected chi connectivity index (χ0v) is 18.8. The SMILES string of the molecule is COc1ccc(S(=O)(=O)N[C@H](C(=O)N(C)Cc2ccc(Br)s2)C(C)C)cc1. The van der Waals surface area contributed by atoms with E-state index in [0.717, 1.165) is 8.66 Å². The van der Waals surface area contributed by atoms with Gasteiger partial charge in [-0.15, -0.1) is 11.3 Å². The molecule has 0 aliphatic carbocycles. The lowest BCUT2D eigenvalue weighted by molar-refractivity contribution is -0.133. The van der Waals surface area contributed by atoms with Crippen molar-refractivity contribution in [2.75, 3.05) is 14.2 Å². The average Bonchev–Trinajstić information content (AvgIpc) is 3.03. The highest BCUT2D eigenvalue weighted by Gasteiger charge is 2.30. The molecule has 1 amide bonds. The molecule has 27 heavy (non-hydrogen) atoms. The summed E-state index contributed by atoms with van der Waals surface area (Å²) < 4.78 is 34.0. The number of hydrogen-bond acceptors (Lipinski definition) is 5. The Morgan fingerprint density at radius 1 is 1.22 bits per heavy atom. The monoisotopic (exact) mass is 474 g/mol. The third kappa shape index (κ3) is 5.78. The quantitative estimate of drug-likeness (QED) is 0.635. The standard InChI is InChI=1S/C18H23BrN2O4S2/c1-12(2)17(18(22)21(3)11-14-7-10-16(19)26-14)20-27(23,24)15-8-5-13(25-4)6-9-15/h5-10,12,17,20H,11H2,1-4H3/t17-/m0/s1. The molecule has 1 atom stereocenters. The second-order valence-corrected chi connectivity index (χ2v) is 10.7. The lowest BCUT2D eigenvalue weighted by atomic mass is 10.0. The number of benzene rings is 1. The van der Waals surface area contributed by atoms with Gasteiger partial charge < -0.3 is 9.64 Å². The summed E-state index contributed by atoms with van der Waals surface area (Å²) >= 11 is 4.94. The molecule has 2 aromatic rings. The number of carbonyl (C=O) groups is 1. The maximum absolute atomic E-state index is 12.9. The molecule has 0 aliphatic rings. The first-order valence-electron chi connectivity index (χ1n) is 8.29. The van der Waals surface area contributed by atoms with E-state index in [1.807, 2.05) is 26.0 Å². The molecule has 148 valence electrons. The minimum Gasteiger partial charge on any atom is -0.497 e. The van der Waals surface area contributed by atoms with E-state index in [9.17, 15) is 13.2 Å². The second-order valence-electron chi connectivity index (χ2n) is 6.42. The van der Waals surface area contributed by atoms with Crippen LogP contribution < -0.4 is 9.46 Å². The second kappa shape index (κ2) is 9.18. The zero-order chi connectivity index (χ0) is 20.2. The summed E-state index contributed by atoms with van der Waals surface area (Å²) in [6.07, 6.45) is 0. The van der Waals surface area contributed by atoms with Crippen LogP contribution in [0.3, 0.4) is 0 Å². The highest BCUT2D eigenvalue weighted by Crippen LogP contribution is 2.23. The Kier molecular flexibility index (Phi) is 7.44. The average molecular weight is 475 g/mol. The number of ether oxygens (including phenoxy) is 1. The number of carbonyl (C=O) groups excluding carboxylic acids is 1. The Bertz CT molecular complexity index is 879. The molecule has 1 heterocycles. The third-order valence-corrected chi connectivity index (χ3v) is 7.05. The number of halogens is 1. The van der Waals surface area contributed by atoms with E-state index in [-0.39, 0.29) is 16.7 Å². The van der Waals surface area contributed by atoms with Gasteiger partial charge in [0.05, 0.1) is 22.3 Å². The van der Waals surface area contributed by atoms with Crippen molar-refractivity contribution in [3.8, 4) is 5.75 Å². The van der Waals surface area contributed by atoms with Gasteiger partial charge in [-0.05, 0) is 58.2 Å². The number of likely N-dealkylation sites (N-methyl/N-ethyl adjacent to an activating group) is 1. The normalized spacial score (nSPS) is 12.8. The van der Waals surface area contributed by atoms with Crippen LogP contribution in [0.2, 0.25) is 0 Å². The van der Waals surface area contributed by atoms with Gasteiger partial charge in [-0.2, -0.15) is 4.72 Å². The minimum absolute atomic E-state index is 0.0894. The Labute approximate surface area is 172 Å². The Morgan fingerprint density at radius 2 is 1.85 bits per heavy atom. The molecule has 2 rings (SSSR count). The van der Waals surface area contributed by atoms with Gasteiger partial charge in [0.2, 0.25) is 15.9 Å². The molecule has 1 aromatic heterocycles. The fraction of sp³-hybridized carbons (Fsp3) is 0.389. The van der Waals surface area contributed by atoms with Gasteiger partial charge in [-0.1, -0.05) is 13.8 Å². The van der Waals surface area contributed by atoms with E-state index in [1.165, 1.54) is 30.6 Å². The van der Waals surface area contributed by atoms with Crippen LogP contribution in [0, 0.1) is 5.92 Å².